The van der Waals surface area contributed by atoms with Crippen molar-refractivity contribution in [2.45, 2.75) is 0 Å². The summed E-state index contributed by atoms with van der Waals surface area (Å²) >= 11 is 5.98. The first-order chi connectivity index (χ1) is 10.6. The van der Waals surface area contributed by atoms with E-state index >= 15 is 0 Å². The van der Waals surface area contributed by atoms with Crippen LogP contribution in [-0.2, 0) is 4.79 Å². The average Bonchev–Trinajstić information content (AvgIpc) is 2.53. The highest BCUT2D eigenvalue weighted by molar-refractivity contribution is 6.31. The van der Waals surface area contributed by atoms with Crippen molar-refractivity contribution in [2.75, 3.05) is 23.9 Å². The van der Waals surface area contributed by atoms with Crippen LogP contribution in [0, 0.1) is 0 Å². The van der Waals surface area contributed by atoms with Gasteiger partial charge in [0.25, 0.3) is 5.91 Å². The van der Waals surface area contributed by atoms with Crippen molar-refractivity contribution < 1.29 is 14.3 Å². The third-order valence-corrected chi connectivity index (χ3v) is 3.64. The van der Waals surface area contributed by atoms with Gasteiger partial charge in [-0.1, -0.05) is 23.7 Å². The number of rotatable bonds is 2. The predicted molar refractivity (Wildman–Crippen MR) is 84.8 cm³/mol. The number of amides is 2. The van der Waals surface area contributed by atoms with Crippen molar-refractivity contribution in [3.63, 3.8) is 0 Å². The third kappa shape index (κ3) is 2.51. The van der Waals surface area contributed by atoms with Gasteiger partial charge in [-0.2, -0.15) is 0 Å². The van der Waals surface area contributed by atoms with E-state index in [2.05, 4.69) is 5.32 Å². The van der Waals surface area contributed by atoms with Gasteiger partial charge < -0.3 is 10.1 Å². The summed E-state index contributed by atoms with van der Waals surface area (Å²) in [6, 6.07) is 12.0. The van der Waals surface area contributed by atoms with Gasteiger partial charge in [0.05, 0.1) is 24.0 Å². The number of para-hydroxylation sites is 2. The fraction of sp³-hybridized carbons (Fsp3) is 0.125. The molecule has 0 unspecified atom stereocenters. The highest BCUT2D eigenvalue weighted by atomic mass is 35.5. The van der Waals surface area contributed by atoms with E-state index in [9.17, 15) is 9.59 Å². The number of hydrogen-bond donors (Lipinski definition) is 1. The Morgan fingerprint density at radius 1 is 1.27 bits per heavy atom. The van der Waals surface area contributed by atoms with E-state index in [1.807, 2.05) is 6.07 Å². The van der Waals surface area contributed by atoms with Crippen LogP contribution in [0.4, 0.5) is 11.4 Å². The maximum atomic E-state index is 12.8. The molecule has 3 rings (SSSR count). The van der Waals surface area contributed by atoms with Crippen LogP contribution in [0.2, 0.25) is 5.02 Å². The number of nitrogens with one attached hydrogen (secondary N) is 1. The first kappa shape index (κ1) is 14.4. The largest absolute Gasteiger partial charge is 0.496 e. The van der Waals surface area contributed by atoms with Crippen LogP contribution in [0.25, 0.3) is 0 Å². The van der Waals surface area contributed by atoms with Gasteiger partial charge in [-0.3, -0.25) is 14.5 Å². The second-order valence-corrected chi connectivity index (χ2v) is 5.24. The molecule has 112 valence electrons. The van der Waals surface area contributed by atoms with Gasteiger partial charge in [0.2, 0.25) is 5.91 Å². The van der Waals surface area contributed by atoms with Crippen LogP contribution in [0.15, 0.2) is 42.5 Å². The summed E-state index contributed by atoms with van der Waals surface area (Å²) in [5.41, 5.74) is 1.57. The van der Waals surface area contributed by atoms with Gasteiger partial charge in [-0.05, 0) is 30.3 Å². The lowest BCUT2D eigenvalue weighted by molar-refractivity contribution is -0.115. The molecule has 0 aromatic heterocycles. The molecule has 2 aromatic rings. The Bertz CT molecular complexity index is 761. The van der Waals surface area contributed by atoms with E-state index in [1.165, 1.54) is 18.1 Å². The lowest BCUT2D eigenvalue weighted by Gasteiger charge is -2.29. The molecule has 0 fully saturated rings. The molecule has 22 heavy (non-hydrogen) atoms. The predicted octanol–water partition coefficient (Wildman–Crippen LogP) is 2.95. The van der Waals surface area contributed by atoms with Crippen molar-refractivity contribution in [3.05, 3.63) is 53.1 Å². The van der Waals surface area contributed by atoms with Crippen molar-refractivity contribution in [2.24, 2.45) is 0 Å². The molecular formula is C16H13ClN2O3. The molecule has 1 aliphatic rings. The molecule has 0 bridgehead atoms. The molecule has 1 heterocycles. The molecule has 5 nitrogen and oxygen atoms in total. The smallest absolute Gasteiger partial charge is 0.262 e. The molecule has 0 aliphatic carbocycles. The Kier molecular flexibility index (Phi) is 3.73. The third-order valence-electron chi connectivity index (χ3n) is 3.41. The van der Waals surface area contributed by atoms with Crippen LogP contribution in [-0.4, -0.2) is 25.5 Å². The number of ether oxygens (including phenoxy) is 1. The van der Waals surface area contributed by atoms with E-state index in [0.717, 1.165) is 0 Å². The summed E-state index contributed by atoms with van der Waals surface area (Å²) in [7, 11) is 1.48. The van der Waals surface area contributed by atoms with Crippen LogP contribution >= 0.6 is 11.6 Å². The van der Waals surface area contributed by atoms with E-state index in [1.54, 1.807) is 30.3 Å². The number of carbonyl (C=O) groups is 2. The van der Waals surface area contributed by atoms with E-state index in [-0.39, 0.29) is 18.4 Å². The zero-order chi connectivity index (χ0) is 15.7. The second-order valence-electron chi connectivity index (χ2n) is 4.80. The second kappa shape index (κ2) is 5.69. The van der Waals surface area contributed by atoms with Crippen molar-refractivity contribution in [1.29, 1.82) is 0 Å². The van der Waals surface area contributed by atoms with Gasteiger partial charge in [-0.25, -0.2) is 0 Å². The Morgan fingerprint density at radius 3 is 2.82 bits per heavy atom. The Labute approximate surface area is 132 Å². The summed E-state index contributed by atoms with van der Waals surface area (Å²) in [5, 5.41) is 3.18. The minimum absolute atomic E-state index is 0.0501. The summed E-state index contributed by atoms with van der Waals surface area (Å²) < 4.78 is 5.22. The number of anilines is 2. The number of fused-ring (bicyclic) bond motifs is 1. The van der Waals surface area contributed by atoms with Crippen molar-refractivity contribution in [1.82, 2.24) is 0 Å². The van der Waals surface area contributed by atoms with Gasteiger partial charge in [0.1, 0.15) is 12.3 Å². The number of benzene rings is 2. The molecular weight excluding hydrogens is 304 g/mol. The van der Waals surface area contributed by atoms with E-state index in [4.69, 9.17) is 16.3 Å². The van der Waals surface area contributed by atoms with E-state index in [0.29, 0.717) is 27.7 Å². The highest BCUT2D eigenvalue weighted by Crippen LogP contribution is 2.32. The summed E-state index contributed by atoms with van der Waals surface area (Å²) in [4.78, 5) is 26.1. The zero-order valence-electron chi connectivity index (χ0n) is 11.8. The molecule has 0 saturated heterocycles. The summed E-state index contributed by atoms with van der Waals surface area (Å²) in [6.45, 7) is -0.0501. The number of carbonyl (C=O) groups excluding carboxylic acids is 2. The first-order valence-electron chi connectivity index (χ1n) is 6.64. The Hall–Kier alpha value is -2.53. The molecule has 0 saturated carbocycles. The summed E-state index contributed by atoms with van der Waals surface area (Å²) in [6.07, 6.45) is 0. The van der Waals surface area contributed by atoms with Crippen LogP contribution in [0.5, 0.6) is 5.75 Å². The first-order valence-corrected chi connectivity index (χ1v) is 7.02. The van der Waals surface area contributed by atoms with Crippen LogP contribution < -0.4 is 15.0 Å². The quantitative estimate of drug-likeness (QED) is 0.926. The molecule has 1 aliphatic heterocycles. The van der Waals surface area contributed by atoms with Crippen molar-refractivity contribution in [3.8, 4) is 5.75 Å². The standard InChI is InChI=1S/C16H13ClN2O3/c1-22-14-7-6-10(17)8-11(14)16(21)19-9-15(20)18-12-4-2-3-5-13(12)19/h2-8H,9H2,1H3,(H,18,20). The lowest BCUT2D eigenvalue weighted by Crippen LogP contribution is -2.42. The van der Waals surface area contributed by atoms with Crippen LogP contribution in [0.3, 0.4) is 0 Å². The number of halogens is 1. The molecule has 0 atom stereocenters. The molecule has 2 aromatic carbocycles. The average molecular weight is 317 g/mol. The Balaban J connectivity index is 2.06. The fourth-order valence-corrected chi connectivity index (χ4v) is 2.58. The fourth-order valence-electron chi connectivity index (χ4n) is 2.41. The van der Waals surface area contributed by atoms with Crippen molar-refractivity contribution >= 4 is 34.8 Å². The maximum absolute atomic E-state index is 12.8. The number of methoxy groups -OCH3 is 1. The minimum atomic E-state index is -0.332. The molecule has 0 spiro atoms. The molecule has 1 N–H and O–H groups in total. The molecule has 6 heteroatoms. The highest BCUT2D eigenvalue weighted by Gasteiger charge is 2.29. The van der Waals surface area contributed by atoms with Gasteiger partial charge >= 0.3 is 0 Å². The van der Waals surface area contributed by atoms with Gasteiger partial charge in [-0.15, -0.1) is 0 Å². The van der Waals surface area contributed by atoms with E-state index < -0.39 is 0 Å². The van der Waals surface area contributed by atoms with Gasteiger partial charge in [0, 0.05) is 5.02 Å². The Morgan fingerprint density at radius 2 is 2.05 bits per heavy atom. The zero-order valence-corrected chi connectivity index (χ0v) is 12.6. The summed E-state index contributed by atoms with van der Waals surface area (Å²) in [5.74, 6) is -0.160. The maximum Gasteiger partial charge on any atom is 0.262 e. The number of hydrogen-bond acceptors (Lipinski definition) is 3. The topological polar surface area (TPSA) is 58.6 Å². The normalized spacial score (nSPS) is 13.4. The number of nitrogens with zero attached hydrogens (tertiary/aromatic N) is 1. The minimum Gasteiger partial charge on any atom is -0.496 e. The van der Waals surface area contributed by atoms with Crippen LogP contribution in [0.1, 0.15) is 10.4 Å². The van der Waals surface area contributed by atoms with Gasteiger partial charge in [0.15, 0.2) is 0 Å². The molecule has 0 radical (unpaired) electrons. The lowest BCUT2D eigenvalue weighted by atomic mass is 10.1. The monoisotopic (exact) mass is 316 g/mol. The molecule has 2 amide bonds. The SMILES string of the molecule is COc1ccc(Cl)cc1C(=O)N1CC(=O)Nc2ccccc21.